The minimum absolute atomic E-state index is 0.245. The first-order valence-electron chi connectivity index (χ1n) is 6.41. The molecule has 2 aliphatic heterocycles. The highest BCUT2D eigenvalue weighted by atomic mass is 16.3. The van der Waals surface area contributed by atoms with Crippen molar-refractivity contribution in [2.75, 3.05) is 32.8 Å². The predicted molar refractivity (Wildman–Crippen MR) is 62.0 cm³/mol. The second-order valence-corrected chi connectivity index (χ2v) is 4.98. The van der Waals surface area contributed by atoms with E-state index < -0.39 is 0 Å². The number of carbonyl (C=O) groups is 1. The first kappa shape index (κ1) is 11.9. The van der Waals surface area contributed by atoms with E-state index in [4.69, 9.17) is 5.11 Å². The average molecular weight is 226 g/mol. The van der Waals surface area contributed by atoms with Crippen molar-refractivity contribution in [3.8, 4) is 0 Å². The van der Waals surface area contributed by atoms with E-state index in [2.05, 4.69) is 5.32 Å². The van der Waals surface area contributed by atoms with Gasteiger partial charge in [0, 0.05) is 25.6 Å². The van der Waals surface area contributed by atoms with E-state index in [0.29, 0.717) is 11.8 Å². The van der Waals surface area contributed by atoms with Gasteiger partial charge in [0.05, 0.1) is 0 Å². The first-order chi connectivity index (χ1) is 7.81. The van der Waals surface area contributed by atoms with Gasteiger partial charge in [0.25, 0.3) is 0 Å². The minimum atomic E-state index is 0.245. The number of rotatable bonds is 3. The van der Waals surface area contributed by atoms with Crippen molar-refractivity contribution in [1.29, 1.82) is 0 Å². The fraction of sp³-hybridized carbons (Fsp3) is 0.917. The van der Waals surface area contributed by atoms with E-state index >= 15 is 0 Å². The highest BCUT2D eigenvalue weighted by Crippen LogP contribution is 2.23. The molecule has 0 aliphatic carbocycles. The van der Waals surface area contributed by atoms with Crippen LogP contribution in [0.25, 0.3) is 0 Å². The Hall–Kier alpha value is -0.610. The topological polar surface area (TPSA) is 52.6 Å². The normalized spacial score (nSPS) is 27.3. The van der Waals surface area contributed by atoms with Gasteiger partial charge >= 0.3 is 0 Å². The van der Waals surface area contributed by atoms with Crippen molar-refractivity contribution in [2.45, 2.75) is 25.7 Å². The Balaban J connectivity index is 1.81. The van der Waals surface area contributed by atoms with Gasteiger partial charge < -0.3 is 15.3 Å². The zero-order valence-electron chi connectivity index (χ0n) is 9.82. The monoisotopic (exact) mass is 226 g/mol. The fourth-order valence-electron chi connectivity index (χ4n) is 2.78. The standard InChI is InChI=1S/C12H22N2O2/c15-8-4-10-3-7-14(9-10)12(16)11-1-5-13-6-2-11/h10-11,13,15H,1-9H2. The minimum Gasteiger partial charge on any atom is -0.396 e. The SMILES string of the molecule is O=C(C1CCNCC1)N1CCC(CCO)C1. The van der Waals surface area contributed by atoms with Gasteiger partial charge in [-0.25, -0.2) is 0 Å². The van der Waals surface area contributed by atoms with E-state index in [1.807, 2.05) is 4.90 Å². The van der Waals surface area contributed by atoms with Crippen molar-refractivity contribution in [3.05, 3.63) is 0 Å². The van der Waals surface area contributed by atoms with E-state index in [0.717, 1.165) is 51.9 Å². The highest BCUT2D eigenvalue weighted by Gasteiger charge is 2.30. The summed E-state index contributed by atoms with van der Waals surface area (Å²) in [6, 6.07) is 0. The molecule has 1 atom stereocenters. The van der Waals surface area contributed by atoms with E-state index in [9.17, 15) is 4.79 Å². The molecule has 0 spiro atoms. The molecule has 4 heteroatoms. The molecule has 0 radical (unpaired) electrons. The van der Waals surface area contributed by atoms with Crippen molar-refractivity contribution in [3.63, 3.8) is 0 Å². The summed E-state index contributed by atoms with van der Waals surface area (Å²) < 4.78 is 0. The Morgan fingerprint density at radius 1 is 1.31 bits per heavy atom. The lowest BCUT2D eigenvalue weighted by Gasteiger charge is -2.26. The zero-order chi connectivity index (χ0) is 11.4. The number of piperidine rings is 1. The number of hydrogen-bond acceptors (Lipinski definition) is 3. The number of aliphatic hydroxyl groups excluding tert-OH is 1. The molecule has 1 amide bonds. The molecule has 1 unspecified atom stereocenters. The van der Waals surface area contributed by atoms with Gasteiger partial charge in [-0.3, -0.25) is 4.79 Å². The maximum absolute atomic E-state index is 12.2. The molecule has 4 nitrogen and oxygen atoms in total. The molecule has 92 valence electrons. The van der Waals surface area contributed by atoms with Crippen LogP contribution < -0.4 is 5.32 Å². The third kappa shape index (κ3) is 2.74. The molecule has 16 heavy (non-hydrogen) atoms. The van der Waals surface area contributed by atoms with Crippen LogP contribution in [0.4, 0.5) is 0 Å². The maximum atomic E-state index is 12.2. The van der Waals surface area contributed by atoms with Crippen LogP contribution in [0.1, 0.15) is 25.7 Å². The summed E-state index contributed by atoms with van der Waals surface area (Å²) in [6.07, 6.45) is 3.88. The molecule has 0 aromatic carbocycles. The summed E-state index contributed by atoms with van der Waals surface area (Å²) in [4.78, 5) is 14.2. The lowest BCUT2D eigenvalue weighted by molar-refractivity contribution is -0.135. The predicted octanol–water partition coefficient (Wildman–Crippen LogP) is 0.217. The van der Waals surface area contributed by atoms with Crippen LogP contribution in [-0.4, -0.2) is 48.7 Å². The molecule has 0 aromatic rings. The number of nitrogens with zero attached hydrogens (tertiary/aromatic N) is 1. The fourth-order valence-corrected chi connectivity index (χ4v) is 2.78. The van der Waals surface area contributed by atoms with Gasteiger partial charge in [-0.05, 0) is 44.7 Å². The van der Waals surface area contributed by atoms with Gasteiger partial charge in [0.15, 0.2) is 0 Å². The summed E-state index contributed by atoms with van der Waals surface area (Å²) in [7, 11) is 0. The first-order valence-corrected chi connectivity index (χ1v) is 6.41. The van der Waals surface area contributed by atoms with Crippen molar-refractivity contribution in [2.24, 2.45) is 11.8 Å². The number of likely N-dealkylation sites (tertiary alicyclic amines) is 1. The third-order valence-corrected chi connectivity index (χ3v) is 3.82. The lowest BCUT2D eigenvalue weighted by atomic mass is 9.96. The Labute approximate surface area is 97.0 Å². The largest absolute Gasteiger partial charge is 0.396 e. The zero-order valence-corrected chi connectivity index (χ0v) is 9.82. The van der Waals surface area contributed by atoms with Crippen LogP contribution in [0.5, 0.6) is 0 Å². The number of carbonyl (C=O) groups excluding carboxylic acids is 1. The van der Waals surface area contributed by atoms with Crippen molar-refractivity contribution in [1.82, 2.24) is 10.2 Å². The van der Waals surface area contributed by atoms with Crippen LogP contribution >= 0.6 is 0 Å². The summed E-state index contributed by atoms with van der Waals surface area (Å²) in [5, 5.41) is 12.2. The number of nitrogens with one attached hydrogen (secondary N) is 1. The molecule has 0 aromatic heterocycles. The second kappa shape index (κ2) is 5.64. The van der Waals surface area contributed by atoms with E-state index in [-0.39, 0.29) is 12.5 Å². The highest BCUT2D eigenvalue weighted by molar-refractivity contribution is 5.79. The van der Waals surface area contributed by atoms with Gasteiger partial charge in [0.1, 0.15) is 0 Å². The number of hydrogen-bond donors (Lipinski definition) is 2. The van der Waals surface area contributed by atoms with Crippen molar-refractivity contribution < 1.29 is 9.90 Å². The Morgan fingerprint density at radius 2 is 2.06 bits per heavy atom. The van der Waals surface area contributed by atoms with Gasteiger partial charge in [-0.15, -0.1) is 0 Å². The van der Waals surface area contributed by atoms with Gasteiger partial charge in [-0.2, -0.15) is 0 Å². The van der Waals surface area contributed by atoms with E-state index in [1.54, 1.807) is 0 Å². The van der Waals surface area contributed by atoms with E-state index in [1.165, 1.54) is 0 Å². The molecule has 2 fully saturated rings. The van der Waals surface area contributed by atoms with Crippen molar-refractivity contribution >= 4 is 5.91 Å². The quantitative estimate of drug-likeness (QED) is 0.723. The molecular weight excluding hydrogens is 204 g/mol. The van der Waals surface area contributed by atoms with Crippen LogP contribution in [0.3, 0.4) is 0 Å². The molecule has 2 heterocycles. The summed E-state index contributed by atoms with van der Waals surface area (Å²) in [5.41, 5.74) is 0. The molecule has 0 bridgehead atoms. The van der Waals surface area contributed by atoms with Crippen LogP contribution in [0, 0.1) is 11.8 Å². The lowest BCUT2D eigenvalue weighted by Crippen LogP contribution is -2.40. The summed E-state index contributed by atoms with van der Waals surface area (Å²) >= 11 is 0. The third-order valence-electron chi connectivity index (χ3n) is 3.82. The number of amides is 1. The maximum Gasteiger partial charge on any atom is 0.225 e. The molecule has 2 rings (SSSR count). The molecule has 2 aliphatic rings. The Morgan fingerprint density at radius 3 is 2.75 bits per heavy atom. The number of aliphatic hydroxyl groups is 1. The van der Waals surface area contributed by atoms with Gasteiger partial charge in [-0.1, -0.05) is 0 Å². The molecular formula is C12H22N2O2. The molecule has 0 saturated carbocycles. The summed E-state index contributed by atoms with van der Waals surface area (Å²) in [6.45, 7) is 3.96. The average Bonchev–Trinajstić information content (AvgIpc) is 2.78. The molecule has 2 N–H and O–H groups in total. The van der Waals surface area contributed by atoms with Gasteiger partial charge in [0.2, 0.25) is 5.91 Å². The van der Waals surface area contributed by atoms with Crippen LogP contribution in [-0.2, 0) is 4.79 Å². The smallest absolute Gasteiger partial charge is 0.225 e. The second-order valence-electron chi connectivity index (χ2n) is 4.98. The summed E-state index contributed by atoms with van der Waals surface area (Å²) in [5.74, 6) is 1.12. The molecule has 2 saturated heterocycles. The van der Waals surface area contributed by atoms with Crippen LogP contribution in [0.15, 0.2) is 0 Å². The Kier molecular flexibility index (Phi) is 4.18. The van der Waals surface area contributed by atoms with Crippen LogP contribution in [0.2, 0.25) is 0 Å². The Bertz CT molecular complexity index is 239.